The van der Waals surface area contributed by atoms with Crippen LogP contribution >= 0.6 is 0 Å². The molecule has 2 fully saturated rings. The van der Waals surface area contributed by atoms with Gasteiger partial charge in [-0.05, 0) is 45.4 Å². The summed E-state index contributed by atoms with van der Waals surface area (Å²) in [4.78, 5) is 38.5. The average Bonchev–Trinajstić information content (AvgIpc) is 3.00. The molecule has 0 bridgehead atoms. The highest BCUT2D eigenvalue weighted by molar-refractivity contribution is 5.88. The molecule has 26 heavy (non-hydrogen) atoms. The molecule has 0 radical (unpaired) electrons. The Hall–Kier alpha value is -1.63. The Kier molecular flexibility index (Phi) is 7.43. The summed E-state index contributed by atoms with van der Waals surface area (Å²) in [6.45, 7) is 5.72. The molecule has 1 aliphatic heterocycles. The van der Waals surface area contributed by atoms with Gasteiger partial charge in [0.15, 0.2) is 0 Å². The average molecular weight is 368 g/mol. The number of carboxylic acid groups (broad SMARTS) is 1. The minimum absolute atomic E-state index is 0.00817. The van der Waals surface area contributed by atoms with Gasteiger partial charge in [0.2, 0.25) is 5.91 Å². The van der Waals surface area contributed by atoms with E-state index >= 15 is 0 Å². The maximum absolute atomic E-state index is 13.1. The number of likely N-dealkylation sites (tertiary alicyclic amines) is 1. The highest BCUT2D eigenvalue weighted by Gasteiger charge is 2.48. The summed E-state index contributed by atoms with van der Waals surface area (Å²) in [5.74, 6) is -1.24. The molecule has 2 rings (SSSR count). The third-order valence-corrected chi connectivity index (χ3v) is 5.60. The lowest BCUT2D eigenvalue weighted by Gasteiger charge is -2.35. The minimum atomic E-state index is -0.935. The predicted octanol–water partition coefficient (Wildman–Crippen LogP) is 1.94. The van der Waals surface area contributed by atoms with E-state index in [1.165, 1.54) is 0 Å². The van der Waals surface area contributed by atoms with Crippen molar-refractivity contribution < 1.29 is 24.2 Å². The van der Waals surface area contributed by atoms with E-state index in [4.69, 9.17) is 4.74 Å². The van der Waals surface area contributed by atoms with Gasteiger partial charge in [0.25, 0.3) is 0 Å². The topological polar surface area (TPSA) is 95.9 Å². The molecule has 1 saturated heterocycles. The second kappa shape index (κ2) is 9.35. The van der Waals surface area contributed by atoms with Gasteiger partial charge in [0, 0.05) is 6.04 Å². The number of carbonyl (C=O) groups excluding carboxylic acids is 2. The van der Waals surface area contributed by atoms with Crippen LogP contribution < -0.4 is 5.32 Å². The first-order valence-electron chi connectivity index (χ1n) is 9.88. The molecular weight excluding hydrogens is 336 g/mol. The minimum Gasteiger partial charge on any atom is -0.480 e. The number of carboxylic acids is 1. The van der Waals surface area contributed by atoms with Crippen LogP contribution in [0, 0.1) is 5.92 Å². The highest BCUT2D eigenvalue weighted by atomic mass is 16.5. The lowest BCUT2D eigenvalue weighted by molar-refractivity contribution is -0.152. The van der Waals surface area contributed by atoms with Crippen LogP contribution in [0.15, 0.2) is 0 Å². The van der Waals surface area contributed by atoms with Crippen molar-refractivity contribution in [2.45, 2.75) is 89.9 Å². The van der Waals surface area contributed by atoms with Crippen LogP contribution in [0.3, 0.4) is 0 Å². The molecule has 2 aliphatic rings. The van der Waals surface area contributed by atoms with Gasteiger partial charge in [-0.2, -0.15) is 0 Å². The Morgan fingerprint density at radius 2 is 1.92 bits per heavy atom. The highest BCUT2D eigenvalue weighted by Crippen LogP contribution is 2.40. The summed E-state index contributed by atoms with van der Waals surface area (Å²) in [5, 5.41) is 12.7. The first kappa shape index (κ1) is 20.7. The second-order valence-electron chi connectivity index (χ2n) is 7.43. The Morgan fingerprint density at radius 1 is 1.23 bits per heavy atom. The number of esters is 1. The van der Waals surface area contributed by atoms with E-state index in [1.54, 1.807) is 18.7 Å². The number of fused-ring (bicyclic) bond motifs is 1. The molecule has 1 aliphatic carbocycles. The van der Waals surface area contributed by atoms with E-state index in [2.05, 4.69) is 5.32 Å². The van der Waals surface area contributed by atoms with Crippen molar-refractivity contribution in [3.8, 4) is 0 Å². The number of carbonyl (C=O) groups is 3. The largest absolute Gasteiger partial charge is 0.480 e. The SMILES string of the molecule is CCC[C@@H](N[C@@H](C)C(=O)N1C2CCCCC2C[C@H]1C(=O)O)C(=O)OCC. The first-order chi connectivity index (χ1) is 12.4. The fraction of sp³-hybridized carbons (Fsp3) is 0.842. The van der Waals surface area contributed by atoms with Crippen molar-refractivity contribution in [1.82, 2.24) is 10.2 Å². The van der Waals surface area contributed by atoms with Gasteiger partial charge in [0.1, 0.15) is 12.1 Å². The molecule has 1 saturated carbocycles. The molecule has 7 nitrogen and oxygen atoms in total. The third-order valence-electron chi connectivity index (χ3n) is 5.60. The Morgan fingerprint density at radius 3 is 2.54 bits per heavy atom. The van der Waals surface area contributed by atoms with Crippen molar-refractivity contribution in [3.05, 3.63) is 0 Å². The number of amides is 1. The molecule has 7 heteroatoms. The van der Waals surface area contributed by atoms with E-state index < -0.39 is 24.1 Å². The van der Waals surface area contributed by atoms with Crippen LogP contribution in [0.5, 0.6) is 0 Å². The quantitative estimate of drug-likeness (QED) is 0.636. The lowest BCUT2D eigenvalue weighted by atomic mass is 9.84. The molecule has 5 atom stereocenters. The van der Waals surface area contributed by atoms with Crippen molar-refractivity contribution in [1.29, 1.82) is 0 Å². The van der Waals surface area contributed by atoms with E-state index in [9.17, 15) is 19.5 Å². The van der Waals surface area contributed by atoms with Gasteiger partial charge in [-0.15, -0.1) is 0 Å². The van der Waals surface area contributed by atoms with Crippen LogP contribution in [0.1, 0.15) is 65.7 Å². The summed E-state index contributed by atoms with van der Waals surface area (Å²) in [7, 11) is 0. The number of rotatable bonds is 8. The molecule has 0 aromatic carbocycles. The zero-order chi connectivity index (χ0) is 19.3. The number of nitrogens with zero attached hydrogens (tertiary/aromatic N) is 1. The monoisotopic (exact) mass is 368 g/mol. The van der Waals surface area contributed by atoms with Crippen molar-refractivity contribution in [3.63, 3.8) is 0 Å². The Bertz CT molecular complexity index is 524. The van der Waals surface area contributed by atoms with Crippen LogP contribution in [0.4, 0.5) is 0 Å². The van der Waals surface area contributed by atoms with Gasteiger partial charge in [0.05, 0.1) is 12.6 Å². The van der Waals surface area contributed by atoms with E-state index in [-0.39, 0.29) is 23.8 Å². The summed E-state index contributed by atoms with van der Waals surface area (Å²) in [6, 6.07) is -1.92. The maximum Gasteiger partial charge on any atom is 0.326 e. The van der Waals surface area contributed by atoms with Gasteiger partial charge >= 0.3 is 11.9 Å². The van der Waals surface area contributed by atoms with Crippen LogP contribution in [0.25, 0.3) is 0 Å². The zero-order valence-corrected chi connectivity index (χ0v) is 16.1. The smallest absolute Gasteiger partial charge is 0.326 e. The number of hydrogen-bond acceptors (Lipinski definition) is 5. The fourth-order valence-corrected chi connectivity index (χ4v) is 4.39. The number of nitrogens with one attached hydrogen (secondary N) is 1. The predicted molar refractivity (Wildman–Crippen MR) is 96.6 cm³/mol. The van der Waals surface area contributed by atoms with E-state index in [0.717, 1.165) is 32.1 Å². The van der Waals surface area contributed by atoms with Gasteiger partial charge < -0.3 is 14.7 Å². The molecule has 2 unspecified atom stereocenters. The lowest BCUT2D eigenvalue weighted by Crippen LogP contribution is -2.55. The standard InChI is InChI=1S/C19H32N2O5/c1-4-8-14(19(25)26-5-2)20-12(3)17(22)21-15-10-7-6-9-13(15)11-16(21)18(23)24/h12-16,20H,4-11H2,1-3H3,(H,23,24)/t12-,13?,14+,15?,16-/m0/s1. The maximum atomic E-state index is 13.1. The number of ether oxygens (including phenoxy) is 1. The van der Waals surface area contributed by atoms with E-state index in [0.29, 0.717) is 19.4 Å². The van der Waals surface area contributed by atoms with Crippen molar-refractivity contribution >= 4 is 17.8 Å². The Balaban J connectivity index is 2.10. The summed E-state index contributed by atoms with van der Waals surface area (Å²) >= 11 is 0. The van der Waals surface area contributed by atoms with Crippen molar-refractivity contribution in [2.24, 2.45) is 5.92 Å². The molecule has 148 valence electrons. The summed E-state index contributed by atoms with van der Waals surface area (Å²) < 4.78 is 5.09. The van der Waals surface area contributed by atoms with Gasteiger partial charge in [-0.25, -0.2) is 4.79 Å². The summed E-state index contributed by atoms with van der Waals surface area (Å²) in [6.07, 6.45) is 5.87. The molecule has 0 aromatic rings. The van der Waals surface area contributed by atoms with Crippen LogP contribution in [-0.4, -0.2) is 58.6 Å². The second-order valence-corrected chi connectivity index (χ2v) is 7.43. The molecule has 1 amide bonds. The van der Waals surface area contributed by atoms with Gasteiger partial charge in [-0.1, -0.05) is 26.2 Å². The molecule has 1 heterocycles. The van der Waals surface area contributed by atoms with Crippen LogP contribution in [0.2, 0.25) is 0 Å². The van der Waals surface area contributed by atoms with Gasteiger partial charge in [-0.3, -0.25) is 14.9 Å². The molecule has 0 spiro atoms. The van der Waals surface area contributed by atoms with E-state index in [1.807, 2.05) is 6.92 Å². The summed E-state index contributed by atoms with van der Waals surface area (Å²) in [5.41, 5.74) is 0. The molecular formula is C19H32N2O5. The Labute approximate surface area is 155 Å². The van der Waals surface area contributed by atoms with Crippen molar-refractivity contribution in [2.75, 3.05) is 6.61 Å². The number of hydrogen-bond donors (Lipinski definition) is 2. The fourth-order valence-electron chi connectivity index (χ4n) is 4.39. The number of aliphatic carboxylic acids is 1. The first-order valence-corrected chi connectivity index (χ1v) is 9.88. The third kappa shape index (κ3) is 4.55. The molecule has 2 N–H and O–H groups in total. The molecule has 0 aromatic heterocycles. The zero-order valence-electron chi connectivity index (χ0n) is 16.1. The van der Waals surface area contributed by atoms with Crippen LogP contribution in [-0.2, 0) is 19.1 Å². The normalized spacial score (nSPS) is 27.5.